The van der Waals surface area contributed by atoms with E-state index in [1.807, 2.05) is 16.9 Å². The fraction of sp³-hybridized carbons (Fsp3) is 0.765. The van der Waals surface area contributed by atoms with Crippen LogP contribution >= 0.6 is 0 Å². The van der Waals surface area contributed by atoms with E-state index in [1.165, 1.54) is 0 Å². The van der Waals surface area contributed by atoms with E-state index in [0.717, 1.165) is 58.5 Å². The third kappa shape index (κ3) is 4.55. The highest BCUT2D eigenvalue weighted by molar-refractivity contribution is 5.76. The van der Waals surface area contributed by atoms with Gasteiger partial charge in [0.05, 0.1) is 25.4 Å². The fourth-order valence-corrected chi connectivity index (χ4v) is 3.74. The van der Waals surface area contributed by atoms with Gasteiger partial charge in [-0.15, -0.1) is 0 Å². The molecule has 134 valence electrons. The summed E-state index contributed by atoms with van der Waals surface area (Å²) in [6, 6.07) is 1.88. The Morgan fingerprint density at radius 3 is 2.92 bits per heavy atom. The third-order valence-corrected chi connectivity index (χ3v) is 5.03. The molecule has 0 unspecified atom stereocenters. The zero-order valence-corrected chi connectivity index (χ0v) is 14.1. The quantitative estimate of drug-likeness (QED) is 0.786. The molecule has 2 aliphatic rings. The molecule has 3 atom stereocenters. The number of aryl methyl sites for hydroxylation is 1. The number of hydrogen-bond acceptors (Lipinski definition) is 5. The molecule has 3 rings (SSSR count). The van der Waals surface area contributed by atoms with E-state index < -0.39 is 6.10 Å². The second-order valence-electron chi connectivity index (χ2n) is 6.68. The maximum atomic E-state index is 12.2. The van der Waals surface area contributed by atoms with Crippen LogP contribution in [0.15, 0.2) is 18.5 Å². The SMILES string of the molecule is O=C(CCCn1cccn1)N[C@@H]1CCC[C@@H](N2CCOCC2)[C@@H]1O. The smallest absolute Gasteiger partial charge is 0.220 e. The van der Waals surface area contributed by atoms with Gasteiger partial charge in [0.2, 0.25) is 5.91 Å². The van der Waals surface area contributed by atoms with Crippen molar-refractivity contribution in [2.24, 2.45) is 0 Å². The summed E-state index contributed by atoms with van der Waals surface area (Å²) in [5, 5.41) is 17.9. The molecule has 2 fully saturated rings. The maximum absolute atomic E-state index is 12.2. The van der Waals surface area contributed by atoms with Crippen LogP contribution in [0, 0.1) is 0 Å². The van der Waals surface area contributed by atoms with Crippen molar-refractivity contribution in [3.05, 3.63) is 18.5 Å². The van der Waals surface area contributed by atoms with Gasteiger partial charge >= 0.3 is 0 Å². The van der Waals surface area contributed by atoms with Crippen LogP contribution in [0.25, 0.3) is 0 Å². The molecule has 0 radical (unpaired) electrons. The Labute approximate surface area is 143 Å². The normalized spacial score (nSPS) is 28.6. The van der Waals surface area contributed by atoms with Crippen molar-refractivity contribution >= 4 is 5.91 Å². The zero-order chi connectivity index (χ0) is 16.8. The van der Waals surface area contributed by atoms with E-state index in [2.05, 4.69) is 15.3 Å². The molecule has 2 N–H and O–H groups in total. The van der Waals surface area contributed by atoms with Crippen LogP contribution in [0.1, 0.15) is 32.1 Å². The second kappa shape index (κ2) is 8.60. The summed E-state index contributed by atoms with van der Waals surface area (Å²) in [6.07, 6.45) is 7.25. The minimum Gasteiger partial charge on any atom is -0.389 e. The molecule has 1 amide bonds. The molecule has 1 aromatic rings. The van der Waals surface area contributed by atoms with E-state index in [-0.39, 0.29) is 18.0 Å². The topological polar surface area (TPSA) is 79.6 Å². The van der Waals surface area contributed by atoms with Gasteiger partial charge in [-0.2, -0.15) is 5.10 Å². The number of amides is 1. The van der Waals surface area contributed by atoms with Gasteiger partial charge < -0.3 is 15.2 Å². The summed E-state index contributed by atoms with van der Waals surface area (Å²) >= 11 is 0. The highest BCUT2D eigenvalue weighted by Gasteiger charge is 2.36. The fourth-order valence-electron chi connectivity index (χ4n) is 3.74. The number of aliphatic hydroxyl groups excluding tert-OH is 1. The molecule has 0 aromatic carbocycles. The molecule has 24 heavy (non-hydrogen) atoms. The lowest BCUT2D eigenvalue weighted by Gasteiger charge is -2.43. The lowest BCUT2D eigenvalue weighted by atomic mass is 9.86. The predicted molar refractivity (Wildman–Crippen MR) is 89.4 cm³/mol. The monoisotopic (exact) mass is 336 g/mol. The molecule has 1 aromatic heterocycles. The number of hydrogen-bond donors (Lipinski definition) is 2. The average molecular weight is 336 g/mol. The molecule has 0 spiro atoms. The van der Waals surface area contributed by atoms with Crippen LogP contribution in [0.5, 0.6) is 0 Å². The van der Waals surface area contributed by atoms with Gasteiger partial charge in [-0.05, 0) is 31.7 Å². The van der Waals surface area contributed by atoms with Crippen molar-refractivity contribution < 1.29 is 14.6 Å². The van der Waals surface area contributed by atoms with Gasteiger partial charge in [0.1, 0.15) is 0 Å². The van der Waals surface area contributed by atoms with Crippen molar-refractivity contribution in [2.75, 3.05) is 26.3 Å². The number of carbonyl (C=O) groups excluding carboxylic acids is 1. The van der Waals surface area contributed by atoms with Crippen LogP contribution in [-0.2, 0) is 16.1 Å². The Morgan fingerprint density at radius 1 is 1.33 bits per heavy atom. The van der Waals surface area contributed by atoms with Crippen LogP contribution in [0.2, 0.25) is 0 Å². The van der Waals surface area contributed by atoms with Gasteiger partial charge in [0.15, 0.2) is 0 Å². The van der Waals surface area contributed by atoms with Gasteiger partial charge in [0, 0.05) is 44.5 Å². The number of nitrogens with zero attached hydrogens (tertiary/aromatic N) is 3. The van der Waals surface area contributed by atoms with Crippen molar-refractivity contribution in [2.45, 2.75) is 56.8 Å². The van der Waals surface area contributed by atoms with Crippen LogP contribution < -0.4 is 5.32 Å². The highest BCUT2D eigenvalue weighted by atomic mass is 16.5. The van der Waals surface area contributed by atoms with Crippen LogP contribution in [0.3, 0.4) is 0 Å². The summed E-state index contributed by atoms with van der Waals surface area (Å²) in [4.78, 5) is 14.5. The Kier molecular flexibility index (Phi) is 6.23. The lowest BCUT2D eigenvalue weighted by Crippen LogP contribution is -2.58. The standard InChI is InChI=1S/C17H28N4O3/c22-16(6-2-8-21-9-3-7-18-21)19-14-4-1-5-15(17(14)23)20-10-12-24-13-11-20/h3,7,9,14-15,17,23H,1-2,4-6,8,10-13H2,(H,19,22)/t14-,15-,17-/m1/s1. The summed E-state index contributed by atoms with van der Waals surface area (Å²) < 4.78 is 7.22. The molecule has 0 bridgehead atoms. The molecule has 1 saturated heterocycles. The number of rotatable bonds is 6. The van der Waals surface area contributed by atoms with E-state index in [0.29, 0.717) is 6.42 Å². The first kappa shape index (κ1) is 17.4. The highest BCUT2D eigenvalue weighted by Crippen LogP contribution is 2.24. The number of aromatic nitrogens is 2. The first-order valence-electron chi connectivity index (χ1n) is 9.01. The molecule has 1 aliphatic carbocycles. The third-order valence-electron chi connectivity index (χ3n) is 5.03. The molecule has 1 aliphatic heterocycles. The molecule has 1 saturated carbocycles. The summed E-state index contributed by atoms with van der Waals surface area (Å²) in [7, 11) is 0. The Morgan fingerprint density at radius 2 is 2.17 bits per heavy atom. The zero-order valence-electron chi connectivity index (χ0n) is 14.1. The largest absolute Gasteiger partial charge is 0.389 e. The lowest BCUT2D eigenvalue weighted by molar-refractivity contribution is -0.124. The Hall–Kier alpha value is -1.44. The molecular formula is C17H28N4O3. The van der Waals surface area contributed by atoms with Crippen molar-refractivity contribution in [3.63, 3.8) is 0 Å². The summed E-state index contributed by atoms with van der Waals surface area (Å²) in [5.74, 6) is 0.0221. The van der Waals surface area contributed by atoms with E-state index >= 15 is 0 Å². The van der Waals surface area contributed by atoms with Crippen molar-refractivity contribution in [1.82, 2.24) is 20.0 Å². The van der Waals surface area contributed by atoms with Gasteiger partial charge in [0.25, 0.3) is 0 Å². The maximum Gasteiger partial charge on any atom is 0.220 e. The number of aliphatic hydroxyl groups is 1. The number of carbonyl (C=O) groups is 1. The molecule has 2 heterocycles. The van der Waals surface area contributed by atoms with Crippen molar-refractivity contribution in [1.29, 1.82) is 0 Å². The van der Waals surface area contributed by atoms with Crippen molar-refractivity contribution in [3.8, 4) is 0 Å². The van der Waals surface area contributed by atoms with Crippen LogP contribution in [0.4, 0.5) is 0 Å². The van der Waals surface area contributed by atoms with E-state index in [1.54, 1.807) is 6.20 Å². The minimum atomic E-state index is -0.494. The van der Waals surface area contributed by atoms with E-state index in [9.17, 15) is 9.90 Å². The second-order valence-corrected chi connectivity index (χ2v) is 6.68. The molecule has 7 heteroatoms. The van der Waals surface area contributed by atoms with Crippen LogP contribution in [-0.4, -0.2) is 70.2 Å². The first-order chi connectivity index (χ1) is 11.7. The van der Waals surface area contributed by atoms with Gasteiger partial charge in [-0.3, -0.25) is 14.4 Å². The van der Waals surface area contributed by atoms with Gasteiger partial charge in [-0.25, -0.2) is 0 Å². The number of ether oxygens (including phenoxy) is 1. The number of nitrogens with one attached hydrogen (secondary N) is 1. The predicted octanol–water partition coefficient (Wildman–Crippen LogP) is 0.394. The number of morpholine rings is 1. The Balaban J connectivity index is 1.44. The van der Waals surface area contributed by atoms with E-state index in [4.69, 9.17) is 4.74 Å². The van der Waals surface area contributed by atoms with Gasteiger partial charge in [-0.1, -0.05) is 0 Å². The molecular weight excluding hydrogens is 308 g/mol. The minimum absolute atomic E-state index is 0.0221. The Bertz CT molecular complexity index is 502. The first-order valence-corrected chi connectivity index (χ1v) is 9.01. The average Bonchev–Trinajstić information content (AvgIpc) is 3.11. The summed E-state index contributed by atoms with van der Waals surface area (Å²) in [6.45, 7) is 3.93. The summed E-state index contributed by atoms with van der Waals surface area (Å²) in [5.41, 5.74) is 0. The molecule has 7 nitrogen and oxygen atoms in total.